The molecular weight excluding hydrogens is 231 g/mol. The van der Waals surface area contributed by atoms with Crippen molar-refractivity contribution >= 4 is 5.91 Å². The molecule has 0 saturated heterocycles. The quantitative estimate of drug-likeness (QED) is 0.873. The molecule has 0 aliphatic carbocycles. The Balaban J connectivity index is 2.89. The molecule has 1 rings (SSSR count). The van der Waals surface area contributed by atoms with Gasteiger partial charge in [-0.1, -0.05) is 6.92 Å². The van der Waals surface area contributed by atoms with E-state index in [-0.39, 0.29) is 17.6 Å². The number of nitrogens with two attached hydrogens (primary N) is 1. The lowest BCUT2D eigenvalue weighted by atomic mass is 10.1. The van der Waals surface area contributed by atoms with Gasteiger partial charge in [0.15, 0.2) is 0 Å². The Morgan fingerprint density at radius 1 is 1.50 bits per heavy atom. The summed E-state index contributed by atoms with van der Waals surface area (Å²) in [6, 6.07) is 4.25. The van der Waals surface area contributed by atoms with Crippen molar-refractivity contribution in [1.29, 1.82) is 0 Å². The van der Waals surface area contributed by atoms with Crippen molar-refractivity contribution in [1.82, 2.24) is 4.90 Å². The number of carbonyl (C=O) groups excluding carboxylic acids is 1. The van der Waals surface area contributed by atoms with Gasteiger partial charge in [0.05, 0.1) is 0 Å². The van der Waals surface area contributed by atoms with Gasteiger partial charge in [0.25, 0.3) is 5.91 Å². The molecule has 0 fully saturated rings. The molecule has 0 aromatic heterocycles. The van der Waals surface area contributed by atoms with Crippen LogP contribution < -0.4 is 5.73 Å². The van der Waals surface area contributed by atoms with Crippen LogP contribution in [0.4, 0.5) is 4.39 Å². The minimum absolute atomic E-state index is 0.0599. The highest BCUT2D eigenvalue weighted by atomic mass is 19.1. The Kier molecular flexibility index (Phi) is 5.28. The van der Waals surface area contributed by atoms with Crippen molar-refractivity contribution in [2.24, 2.45) is 11.7 Å². The van der Waals surface area contributed by atoms with Crippen molar-refractivity contribution in [3.63, 3.8) is 0 Å². The number of benzene rings is 1. The van der Waals surface area contributed by atoms with E-state index in [0.29, 0.717) is 30.8 Å². The first-order chi connectivity index (χ1) is 8.49. The van der Waals surface area contributed by atoms with Crippen LogP contribution in [-0.2, 0) is 0 Å². The average Bonchev–Trinajstić information content (AvgIpc) is 2.34. The van der Waals surface area contributed by atoms with Gasteiger partial charge >= 0.3 is 0 Å². The van der Waals surface area contributed by atoms with E-state index >= 15 is 0 Å². The zero-order valence-corrected chi connectivity index (χ0v) is 11.2. The zero-order valence-electron chi connectivity index (χ0n) is 11.2. The summed E-state index contributed by atoms with van der Waals surface area (Å²) in [4.78, 5) is 14.1. The predicted octanol–water partition coefficient (Wildman–Crippen LogP) is 2.19. The highest BCUT2D eigenvalue weighted by Crippen LogP contribution is 2.13. The normalized spacial score (nSPS) is 12.3. The maximum Gasteiger partial charge on any atom is 0.254 e. The molecule has 0 aliphatic heterocycles. The summed E-state index contributed by atoms with van der Waals surface area (Å²) < 4.78 is 13.0. The Bertz CT molecular complexity index is 420. The molecule has 1 aromatic carbocycles. The molecular formula is C14H21FN2O. The van der Waals surface area contributed by atoms with Crippen molar-refractivity contribution in [3.8, 4) is 0 Å². The van der Waals surface area contributed by atoms with E-state index in [1.807, 2.05) is 13.8 Å². The van der Waals surface area contributed by atoms with Crippen LogP contribution in [0.15, 0.2) is 18.2 Å². The van der Waals surface area contributed by atoms with E-state index in [4.69, 9.17) is 5.73 Å². The van der Waals surface area contributed by atoms with Crippen LogP contribution in [0.2, 0.25) is 0 Å². The number of rotatable bonds is 5. The molecule has 0 bridgehead atoms. The molecule has 0 radical (unpaired) electrons. The van der Waals surface area contributed by atoms with Gasteiger partial charge in [0.1, 0.15) is 5.82 Å². The molecule has 2 N–H and O–H groups in total. The Labute approximate surface area is 108 Å². The van der Waals surface area contributed by atoms with Gasteiger partial charge in [-0.05, 0) is 50.1 Å². The van der Waals surface area contributed by atoms with Gasteiger partial charge < -0.3 is 10.6 Å². The molecule has 0 aliphatic rings. The second kappa shape index (κ2) is 6.50. The summed E-state index contributed by atoms with van der Waals surface area (Å²) in [7, 11) is 0. The third-order valence-corrected chi connectivity index (χ3v) is 3.02. The summed E-state index contributed by atoms with van der Waals surface area (Å²) in [5.41, 5.74) is 6.80. The molecule has 100 valence electrons. The number of hydrogen-bond acceptors (Lipinski definition) is 2. The van der Waals surface area contributed by atoms with Crippen molar-refractivity contribution < 1.29 is 9.18 Å². The van der Waals surface area contributed by atoms with Gasteiger partial charge in [-0.25, -0.2) is 4.39 Å². The average molecular weight is 252 g/mol. The lowest BCUT2D eigenvalue weighted by Gasteiger charge is -2.24. The molecule has 4 heteroatoms. The summed E-state index contributed by atoms with van der Waals surface area (Å²) >= 11 is 0. The SMILES string of the molecule is CCN(CC(C)CN)C(=O)c1ccc(F)cc1C. The standard InChI is InChI=1S/C14H21FN2O/c1-4-17(9-10(2)8-16)14(18)13-6-5-12(15)7-11(13)3/h5-7,10H,4,8-9,16H2,1-3H3. The number of nitrogens with zero attached hydrogens (tertiary/aromatic N) is 1. The molecule has 1 unspecified atom stereocenters. The molecule has 1 amide bonds. The number of halogens is 1. The molecule has 3 nitrogen and oxygen atoms in total. The smallest absolute Gasteiger partial charge is 0.254 e. The maximum atomic E-state index is 13.0. The second-order valence-corrected chi connectivity index (χ2v) is 4.64. The first-order valence-electron chi connectivity index (χ1n) is 6.25. The summed E-state index contributed by atoms with van der Waals surface area (Å²) in [5, 5.41) is 0. The molecule has 0 heterocycles. The molecule has 0 spiro atoms. The van der Waals surface area contributed by atoms with Crippen LogP contribution in [0.5, 0.6) is 0 Å². The van der Waals surface area contributed by atoms with Crippen LogP contribution in [0, 0.1) is 18.7 Å². The summed E-state index contributed by atoms with van der Waals surface area (Å²) in [6.07, 6.45) is 0. The Morgan fingerprint density at radius 3 is 2.67 bits per heavy atom. The lowest BCUT2D eigenvalue weighted by Crippen LogP contribution is -2.36. The zero-order chi connectivity index (χ0) is 13.7. The topological polar surface area (TPSA) is 46.3 Å². The van der Waals surface area contributed by atoms with Gasteiger partial charge in [-0.15, -0.1) is 0 Å². The van der Waals surface area contributed by atoms with Crippen LogP contribution in [0.3, 0.4) is 0 Å². The van der Waals surface area contributed by atoms with Gasteiger partial charge in [0.2, 0.25) is 0 Å². The number of amides is 1. The fraction of sp³-hybridized carbons (Fsp3) is 0.500. The van der Waals surface area contributed by atoms with E-state index in [1.165, 1.54) is 12.1 Å². The molecule has 1 aromatic rings. The number of hydrogen-bond donors (Lipinski definition) is 1. The molecule has 1 atom stereocenters. The lowest BCUT2D eigenvalue weighted by molar-refractivity contribution is 0.0743. The van der Waals surface area contributed by atoms with E-state index in [0.717, 1.165) is 0 Å². The van der Waals surface area contributed by atoms with Crippen LogP contribution in [0.1, 0.15) is 29.8 Å². The van der Waals surface area contributed by atoms with Gasteiger partial charge in [-0.3, -0.25) is 4.79 Å². The van der Waals surface area contributed by atoms with Crippen molar-refractivity contribution in [2.75, 3.05) is 19.6 Å². The van der Waals surface area contributed by atoms with Crippen molar-refractivity contribution in [3.05, 3.63) is 35.1 Å². The monoisotopic (exact) mass is 252 g/mol. The highest BCUT2D eigenvalue weighted by molar-refractivity contribution is 5.95. The third-order valence-electron chi connectivity index (χ3n) is 3.02. The van der Waals surface area contributed by atoms with Gasteiger partial charge in [0, 0.05) is 18.7 Å². The molecule has 18 heavy (non-hydrogen) atoms. The first kappa shape index (κ1) is 14.6. The second-order valence-electron chi connectivity index (χ2n) is 4.64. The van der Waals surface area contributed by atoms with Crippen LogP contribution in [0.25, 0.3) is 0 Å². The maximum absolute atomic E-state index is 13.0. The largest absolute Gasteiger partial charge is 0.339 e. The molecule has 0 saturated carbocycles. The number of aryl methyl sites for hydroxylation is 1. The fourth-order valence-electron chi connectivity index (χ4n) is 1.84. The van der Waals surface area contributed by atoms with E-state index in [9.17, 15) is 9.18 Å². The number of carbonyl (C=O) groups is 1. The minimum atomic E-state index is -0.317. The third kappa shape index (κ3) is 3.53. The predicted molar refractivity (Wildman–Crippen MR) is 70.9 cm³/mol. The first-order valence-corrected chi connectivity index (χ1v) is 6.25. The highest BCUT2D eigenvalue weighted by Gasteiger charge is 2.18. The van der Waals surface area contributed by atoms with E-state index < -0.39 is 0 Å². The Morgan fingerprint density at radius 2 is 2.17 bits per heavy atom. The Hall–Kier alpha value is -1.42. The van der Waals surface area contributed by atoms with E-state index in [2.05, 4.69) is 0 Å². The van der Waals surface area contributed by atoms with Crippen LogP contribution in [-0.4, -0.2) is 30.4 Å². The van der Waals surface area contributed by atoms with E-state index in [1.54, 1.807) is 17.9 Å². The van der Waals surface area contributed by atoms with Crippen LogP contribution >= 0.6 is 0 Å². The summed E-state index contributed by atoms with van der Waals surface area (Å²) in [5.74, 6) is -0.118. The summed E-state index contributed by atoms with van der Waals surface area (Å²) in [6.45, 7) is 7.48. The van der Waals surface area contributed by atoms with Crippen molar-refractivity contribution in [2.45, 2.75) is 20.8 Å². The fourth-order valence-corrected chi connectivity index (χ4v) is 1.84. The van der Waals surface area contributed by atoms with Gasteiger partial charge in [-0.2, -0.15) is 0 Å². The minimum Gasteiger partial charge on any atom is -0.339 e.